The summed E-state index contributed by atoms with van der Waals surface area (Å²) < 4.78 is 10.8. The first-order valence-electron chi connectivity index (χ1n) is 6.83. The number of hydrogen-bond acceptors (Lipinski definition) is 6. The van der Waals surface area contributed by atoms with Crippen LogP contribution < -0.4 is 9.80 Å². The predicted octanol–water partition coefficient (Wildman–Crippen LogP) is 0.458. The van der Waals surface area contributed by atoms with E-state index in [0.29, 0.717) is 0 Å². The van der Waals surface area contributed by atoms with Crippen molar-refractivity contribution in [3.05, 3.63) is 11.8 Å². The monoisotopic (exact) mass is 264 g/mol. The second-order valence-corrected chi connectivity index (χ2v) is 4.88. The number of aryl methyl sites for hydroxylation is 1. The Bertz CT molecular complexity index is 429. The van der Waals surface area contributed by atoms with E-state index in [0.717, 1.165) is 69.9 Å². The molecule has 6 nitrogen and oxygen atoms in total. The van der Waals surface area contributed by atoms with E-state index < -0.39 is 0 Å². The van der Waals surface area contributed by atoms with Gasteiger partial charge in [0.1, 0.15) is 5.82 Å². The van der Waals surface area contributed by atoms with E-state index in [-0.39, 0.29) is 0 Å². The molecule has 2 fully saturated rings. The topological polar surface area (TPSA) is 50.7 Å². The molecule has 0 aliphatic carbocycles. The van der Waals surface area contributed by atoms with Gasteiger partial charge in [-0.05, 0) is 6.92 Å². The van der Waals surface area contributed by atoms with Crippen LogP contribution in [0.25, 0.3) is 0 Å². The van der Waals surface area contributed by atoms with Crippen molar-refractivity contribution < 1.29 is 9.47 Å². The summed E-state index contributed by atoms with van der Waals surface area (Å²) in [5.74, 6) is 1.86. The standard InChI is InChI=1S/C13H20N4O2/c1-11-10-14-13(17-4-8-19-9-5-17)15-12(11)16-2-6-18-7-3-16/h10H,2-9H2,1H3. The summed E-state index contributed by atoms with van der Waals surface area (Å²) in [4.78, 5) is 13.7. The Balaban J connectivity index is 1.82. The molecule has 0 atom stereocenters. The van der Waals surface area contributed by atoms with Crippen LogP contribution in [0, 0.1) is 6.92 Å². The van der Waals surface area contributed by atoms with Crippen molar-refractivity contribution in [1.29, 1.82) is 0 Å². The maximum absolute atomic E-state index is 5.40. The predicted molar refractivity (Wildman–Crippen MR) is 72.8 cm³/mol. The summed E-state index contributed by atoms with van der Waals surface area (Å²) >= 11 is 0. The molecule has 0 radical (unpaired) electrons. The minimum Gasteiger partial charge on any atom is -0.378 e. The average molecular weight is 264 g/mol. The lowest BCUT2D eigenvalue weighted by molar-refractivity contribution is 0.121. The molecule has 2 aliphatic rings. The summed E-state index contributed by atoms with van der Waals surface area (Å²) in [6.45, 7) is 8.66. The number of nitrogens with zero attached hydrogens (tertiary/aromatic N) is 4. The van der Waals surface area contributed by atoms with E-state index in [1.807, 2.05) is 6.20 Å². The smallest absolute Gasteiger partial charge is 0.227 e. The van der Waals surface area contributed by atoms with Gasteiger partial charge in [0.2, 0.25) is 5.95 Å². The Labute approximate surface area is 113 Å². The van der Waals surface area contributed by atoms with Crippen molar-refractivity contribution in [2.75, 3.05) is 62.4 Å². The molecule has 19 heavy (non-hydrogen) atoms. The second-order valence-electron chi connectivity index (χ2n) is 4.88. The van der Waals surface area contributed by atoms with Gasteiger partial charge in [0.15, 0.2) is 0 Å². The zero-order valence-electron chi connectivity index (χ0n) is 11.3. The first-order chi connectivity index (χ1) is 9.34. The molecule has 2 saturated heterocycles. The molecule has 0 spiro atoms. The highest BCUT2D eigenvalue weighted by Crippen LogP contribution is 2.21. The highest BCUT2D eigenvalue weighted by atomic mass is 16.5. The molecule has 6 heteroatoms. The van der Waals surface area contributed by atoms with Crippen molar-refractivity contribution in [1.82, 2.24) is 9.97 Å². The molecule has 104 valence electrons. The molecule has 0 saturated carbocycles. The van der Waals surface area contributed by atoms with Gasteiger partial charge in [-0.3, -0.25) is 0 Å². The van der Waals surface area contributed by atoms with Crippen LogP contribution in [0.2, 0.25) is 0 Å². The third-order valence-electron chi connectivity index (χ3n) is 3.54. The normalized spacial score (nSPS) is 20.7. The highest BCUT2D eigenvalue weighted by Gasteiger charge is 2.19. The SMILES string of the molecule is Cc1cnc(N2CCOCC2)nc1N1CCOCC1. The lowest BCUT2D eigenvalue weighted by Crippen LogP contribution is -2.39. The van der Waals surface area contributed by atoms with Crippen molar-refractivity contribution in [3.8, 4) is 0 Å². The summed E-state index contributed by atoms with van der Waals surface area (Å²) in [5.41, 5.74) is 1.12. The van der Waals surface area contributed by atoms with Crippen LogP contribution in [0.5, 0.6) is 0 Å². The molecule has 0 aromatic carbocycles. The lowest BCUT2D eigenvalue weighted by Gasteiger charge is -2.31. The van der Waals surface area contributed by atoms with Crippen LogP contribution in [0.1, 0.15) is 5.56 Å². The fourth-order valence-corrected chi connectivity index (χ4v) is 2.44. The van der Waals surface area contributed by atoms with E-state index in [1.54, 1.807) is 0 Å². The minimum atomic E-state index is 0.754. The molecule has 3 heterocycles. The number of hydrogen-bond donors (Lipinski definition) is 0. The van der Waals surface area contributed by atoms with E-state index in [4.69, 9.17) is 14.5 Å². The quantitative estimate of drug-likeness (QED) is 0.773. The molecule has 1 aromatic heterocycles. The van der Waals surface area contributed by atoms with Gasteiger partial charge in [-0.1, -0.05) is 0 Å². The maximum Gasteiger partial charge on any atom is 0.227 e. The third kappa shape index (κ3) is 2.79. The number of anilines is 2. The van der Waals surface area contributed by atoms with Gasteiger partial charge in [0.05, 0.1) is 26.4 Å². The molecule has 2 aliphatic heterocycles. The highest BCUT2D eigenvalue weighted by molar-refractivity contribution is 5.50. The Morgan fingerprint density at radius 1 is 0.947 bits per heavy atom. The minimum absolute atomic E-state index is 0.754. The van der Waals surface area contributed by atoms with E-state index in [9.17, 15) is 0 Å². The van der Waals surface area contributed by atoms with Gasteiger partial charge in [-0.25, -0.2) is 4.98 Å². The zero-order valence-corrected chi connectivity index (χ0v) is 11.3. The summed E-state index contributed by atoms with van der Waals surface area (Å²) in [6.07, 6.45) is 1.92. The van der Waals surface area contributed by atoms with Crippen LogP contribution in [0.15, 0.2) is 6.20 Å². The van der Waals surface area contributed by atoms with Gasteiger partial charge >= 0.3 is 0 Å². The van der Waals surface area contributed by atoms with E-state index in [1.165, 1.54) is 0 Å². The van der Waals surface area contributed by atoms with Gasteiger partial charge in [0, 0.05) is 37.9 Å². The molecule has 3 rings (SSSR count). The zero-order chi connectivity index (χ0) is 13.1. The Kier molecular flexibility index (Phi) is 3.79. The van der Waals surface area contributed by atoms with Crippen molar-refractivity contribution in [3.63, 3.8) is 0 Å². The van der Waals surface area contributed by atoms with Gasteiger partial charge in [-0.15, -0.1) is 0 Å². The Morgan fingerprint density at radius 2 is 1.53 bits per heavy atom. The Hall–Kier alpha value is -1.40. The number of rotatable bonds is 2. The van der Waals surface area contributed by atoms with Crippen molar-refractivity contribution in [2.45, 2.75) is 6.92 Å². The summed E-state index contributed by atoms with van der Waals surface area (Å²) in [6, 6.07) is 0. The van der Waals surface area contributed by atoms with E-state index >= 15 is 0 Å². The first-order valence-corrected chi connectivity index (χ1v) is 6.83. The van der Waals surface area contributed by atoms with Crippen LogP contribution >= 0.6 is 0 Å². The molecular formula is C13H20N4O2. The van der Waals surface area contributed by atoms with Gasteiger partial charge in [-0.2, -0.15) is 4.98 Å². The van der Waals surface area contributed by atoms with E-state index in [2.05, 4.69) is 21.7 Å². The van der Waals surface area contributed by atoms with Gasteiger partial charge < -0.3 is 19.3 Å². The maximum atomic E-state index is 5.40. The average Bonchev–Trinajstić information content (AvgIpc) is 2.49. The van der Waals surface area contributed by atoms with Crippen LogP contribution in [-0.4, -0.2) is 62.6 Å². The fraction of sp³-hybridized carbons (Fsp3) is 0.692. The van der Waals surface area contributed by atoms with Crippen molar-refractivity contribution in [2.24, 2.45) is 0 Å². The molecule has 0 bridgehead atoms. The molecule has 0 amide bonds. The van der Waals surface area contributed by atoms with Crippen LogP contribution in [-0.2, 0) is 9.47 Å². The molecule has 0 unspecified atom stereocenters. The second kappa shape index (κ2) is 5.71. The summed E-state index contributed by atoms with van der Waals surface area (Å²) in [5, 5.41) is 0. The lowest BCUT2D eigenvalue weighted by atomic mass is 10.3. The first kappa shape index (κ1) is 12.6. The van der Waals surface area contributed by atoms with Crippen LogP contribution in [0.3, 0.4) is 0 Å². The largest absolute Gasteiger partial charge is 0.378 e. The number of ether oxygens (including phenoxy) is 2. The van der Waals surface area contributed by atoms with Crippen molar-refractivity contribution >= 4 is 11.8 Å². The Morgan fingerprint density at radius 3 is 2.16 bits per heavy atom. The molecule has 1 aromatic rings. The molecular weight excluding hydrogens is 244 g/mol. The summed E-state index contributed by atoms with van der Waals surface area (Å²) in [7, 11) is 0. The number of morpholine rings is 2. The van der Waals surface area contributed by atoms with Crippen LogP contribution in [0.4, 0.5) is 11.8 Å². The third-order valence-corrected chi connectivity index (χ3v) is 3.54. The fourth-order valence-electron chi connectivity index (χ4n) is 2.44. The van der Waals surface area contributed by atoms with Gasteiger partial charge in [0.25, 0.3) is 0 Å². The molecule has 0 N–H and O–H groups in total. The number of aromatic nitrogens is 2.